The summed E-state index contributed by atoms with van der Waals surface area (Å²) in [5, 5.41) is 6.68. The first-order valence-electron chi connectivity index (χ1n) is 7.87. The number of amides is 1. The van der Waals surface area contributed by atoms with E-state index < -0.39 is 9.84 Å². The average Bonchev–Trinajstić information content (AvgIpc) is 3.18. The molecule has 0 spiro atoms. The molecule has 0 saturated carbocycles. The summed E-state index contributed by atoms with van der Waals surface area (Å²) in [7, 11) is -2.91. The molecule has 128 valence electrons. The highest BCUT2D eigenvalue weighted by molar-refractivity contribution is 7.91. The van der Waals surface area contributed by atoms with E-state index in [1.165, 1.54) is 0 Å². The predicted octanol–water partition coefficient (Wildman–Crippen LogP) is 1.22. The molecule has 0 radical (unpaired) electrons. The van der Waals surface area contributed by atoms with Crippen LogP contribution in [0.4, 0.5) is 0 Å². The first kappa shape index (κ1) is 16.6. The number of hydrogen-bond donors (Lipinski definition) is 1. The maximum atomic E-state index is 11.9. The van der Waals surface area contributed by atoms with Crippen molar-refractivity contribution in [1.82, 2.24) is 15.5 Å². The number of carbonyl (C=O) groups is 1. The lowest BCUT2D eigenvalue weighted by Crippen LogP contribution is -2.29. The lowest BCUT2D eigenvalue weighted by Gasteiger charge is -2.08. The zero-order valence-electron chi connectivity index (χ0n) is 13.1. The highest BCUT2D eigenvalue weighted by Crippen LogP contribution is 2.17. The van der Waals surface area contributed by atoms with Crippen molar-refractivity contribution in [1.29, 1.82) is 0 Å². The summed E-state index contributed by atoms with van der Waals surface area (Å²) in [6.45, 7) is 0.400. The van der Waals surface area contributed by atoms with Gasteiger partial charge in [0.25, 0.3) is 0 Å². The van der Waals surface area contributed by atoms with Crippen LogP contribution in [0.1, 0.15) is 18.7 Å². The Balaban J connectivity index is 1.44. The Morgan fingerprint density at radius 3 is 2.79 bits per heavy atom. The molecular weight excluding hydrogens is 330 g/mol. The fourth-order valence-corrected chi connectivity index (χ4v) is 4.52. The van der Waals surface area contributed by atoms with Gasteiger partial charge in [-0.2, -0.15) is 4.98 Å². The zero-order chi connectivity index (χ0) is 17.0. The van der Waals surface area contributed by atoms with E-state index in [9.17, 15) is 13.2 Å². The smallest absolute Gasteiger partial charge is 0.227 e. The molecule has 8 heteroatoms. The van der Waals surface area contributed by atoms with Crippen molar-refractivity contribution in [2.75, 3.05) is 18.1 Å². The van der Waals surface area contributed by atoms with E-state index in [-0.39, 0.29) is 29.8 Å². The summed E-state index contributed by atoms with van der Waals surface area (Å²) < 4.78 is 27.9. The molecule has 1 saturated heterocycles. The summed E-state index contributed by atoms with van der Waals surface area (Å²) in [4.78, 5) is 16.1. The minimum atomic E-state index is -2.91. The lowest BCUT2D eigenvalue weighted by atomic mass is 10.1. The molecule has 7 nitrogen and oxygen atoms in total. The van der Waals surface area contributed by atoms with Crippen molar-refractivity contribution in [3.05, 3.63) is 36.2 Å². The predicted molar refractivity (Wildman–Crippen MR) is 87.8 cm³/mol. The fraction of sp³-hybridized carbons (Fsp3) is 0.438. The third-order valence-electron chi connectivity index (χ3n) is 3.98. The Morgan fingerprint density at radius 1 is 1.29 bits per heavy atom. The van der Waals surface area contributed by atoms with Crippen LogP contribution in [0.2, 0.25) is 0 Å². The van der Waals surface area contributed by atoms with Crippen molar-refractivity contribution in [3.8, 4) is 11.4 Å². The van der Waals surface area contributed by atoms with Gasteiger partial charge in [0.15, 0.2) is 9.84 Å². The van der Waals surface area contributed by atoms with Gasteiger partial charge in [0, 0.05) is 24.9 Å². The maximum Gasteiger partial charge on any atom is 0.227 e. The third-order valence-corrected chi connectivity index (χ3v) is 5.82. The average molecular weight is 349 g/mol. The van der Waals surface area contributed by atoms with Crippen LogP contribution in [-0.2, 0) is 21.1 Å². The normalized spacial score (nSPS) is 19.2. The van der Waals surface area contributed by atoms with Gasteiger partial charge in [-0.3, -0.25) is 4.79 Å². The monoisotopic (exact) mass is 349 g/mol. The molecular formula is C16H19N3O4S. The maximum absolute atomic E-state index is 11.9. The van der Waals surface area contributed by atoms with Gasteiger partial charge >= 0.3 is 0 Å². The second kappa shape index (κ2) is 7.12. The van der Waals surface area contributed by atoms with Crippen molar-refractivity contribution < 1.29 is 17.7 Å². The Kier molecular flexibility index (Phi) is 4.94. The van der Waals surface area contributed by atoms with E-state index in [2.05, 4.69) is 15.5 Å². The SMILES string of the molecule is O=C(CCc1nc(-c2ccccc2)no1)NCC1CCS(=O)(=O)C1. The summed E-state index contributed by atoms with van der Waals surface area (Å²) in [5.41, 5.74) is 0.861. The quantitative estimate of drug-likeness (QED) is 0.841. The van der Waals surface area contributed by atoms with Crippen LogP contribution in [0.15, 0.2) is 34.9 Å². The minimum Gasteiger partial charge on any atom is -0.356 e. The number of benzene rings is 1. The molecule has 1 aromatic carbocycles. The van der Waals surface area contributed by atoms with Crippen molar-refractivity contribution in [2.45, 2.75) is 19.3 Å². The van der Waals surface area contributed by atoms with Gasteiger partial charge in [-0.15, -0.1) is 0 Å². The molecule has 24 heavy (non-hydrogen) atoms. The van der Waals surface area contributed by atoms with E-state index in [0.717, 1.165) is 5.56 Å². The van der Waals surface area contributed by atoms with Crippen LogP contribution in [0.25, 0.3) is 11.4 Å². The molecule has 1 aliphatic rings. The van der Waals surface area contributed by atoms with Crippen molar-refractivity contribution in [2.24, 2.45) is 5.92 Å². The second-order valence-corrected chi connectivity index (χ2v) is 8.18. The standard InChI is InChI=1S/C16H19N3O4S/c20-14(17-10-12-8-9-24(21,22)11-12)6-7-15-18-16(19-23-15)13-4-2-1-3-5-13/h1-5,12H,6-11H2,(H,17,20). The number of sulfone groups is 1. The summed E-state index contributed by atoms with van der Waals surface area (Å²) in [5.74, 6) is 1.18. The van der Waals surface area contributed by atoms with Crippen LogP contribution in [0.3, 0.4) is 0 Å². The number of hydrogen-bond acceptors (Lipinski definition) is 6. The number of carbonyl (C=O) groups excluding carboxylic acids is 1. The molecule has 1 aliphatic heterocycles. The van der Waals surface area contributed by atoms with Crippen LogP contribution >= 0.6 is 0 Å². The molecule has 3 rings (SSSR count). The Labute approximate surface area is 140 Å². The van der Waals surface area contributed by atoms with Gasteiger partial charge in [-0.05, 0) is 12.3 Å². The highest BCUT2D eigenvalue weighted by Gasteiger charge is 2.27. The Morgan fingerprint density at radius 2 is 2.08 bits per heavy atom. The number of nitrogens with zero attached hydrogens (tertiary/aromatic N) is 2. The van der Waals surface area contributed by atoms with Crippen LogP contribution in [-0.4, -0.2) is 42.5 Å². The largest absolute Gasteiger partial charge is 0.356 e. The van der Waals surface area contributed by atoms with E-state index >= 15 is 0 Å². The molecule has 1 atom stereocenters. The number of nitrogens with one attached hydrogen (secondary N) is 1. The molecule has 1 unspecified atom stereocenters. The molecule has 1 N–H and O–H groups in total. The molecule has 1 amide bonds. The van der Waals surface area contributed by atoms with E-state index in [1.54, 1.807) is 0 Å². The number of aromatic nitrogens is 2. The van der Waals surface area contributed by atoms with Gasteiger partial charge in [-0.25, -0.2) is 8.42 Å². The van der Waals surface area contributed by atoms with E-state index in [4.69, 9.17) is 4.52 Å². The van der Waals surface area contributed by atoms with Gasteiger partial charge in [-0.1, -0.05) is 35.5 Å². The van der Waals surface area contributed by atoms with Crippen molar-refractivity contribution in [3.63, 3.8) is 0 Å². The zero-order valence-corrected chi connectivity index (χ0v) is 14.0. The highest BCUT2D eigenvalue weighted by atomic mass is 32.2. The van der Waals surface area contributed by atoms with Gasteiger partial charge in [0.05, 0.1) is 11.5 Å². The van der Waals surface area contributed by atoms with Gasteiger partial charge in [0.2, 0.25) is 17.6 Å². The third kappa shape index (κ3) is 4.41. The summed E-state index contributed by atoms with van der Waals surface area (Å²) >= 11 is 0. The van der Waals surface area contributed by atoms with Crippen LogP contribution < -0.4 is 5.32 Å². The lowest BCUT2D eigenvalue weighted by molar-refractivity contribution is -0.121. The van der Waals surface area contributed by atoms with Crippen LogP contribution in [0, 0.1) is 5.92 Å². The van der Waals surface area contributed by atoms with Gasteiger partial charge in [0.1, 0.15) is 0 Å². The Bertz CT molecular complexity index is 802. The van der Waals surface area contributed by atoms with E-state index in [0.29, 0.717) is 31.1 Å². The van der Waals surface area contributed by atoms with Gasteiger partial charge < -0.3 is 9.84 Å². The van der Waals surface area contributed by atoms with E-state index in [1.807, 2.05) is 30.3 Å². The fourth-order valence-electron chi connectivity index (χ4n) is 2.66. The molecule has 1 aromatic heterocycles. The molecule has 0 bridgehead atoms. The van der Waals surface area contributed by atoms with Crippen molar-refractivity contribution >= 4 is 15.7 Å². The molecule has 2 heterocycles. The van der Waals surface area contributed by atoms with Crippen LogP contribution in [0.5, 0.6) is 0 Å². The second-order valence-electron chi connectivity index (χ2n) is 5.95. The summed E-state index contributed by atoms with van der Waals surface area (Å²) in [6.07, 6.45) is 1.21. The summed E-state index contributed by atoms with van der Waals surface area (Å²) in [6, 6.07) is 9.46. The molecule has 2 aromatic rings. The molecule has 0 aliphatic carbocycles. The Hall–Kier alpha value is -2.22. The first-order chi connectivity index (χ1) is 11.5. The first-order valence-corrected chi connectivity index (χ1v) is 9.69. The minimum absolute atomic E-state index is 0.0204. The molecule has 1 fully saturated rings. The topological polar surface area (TPSA) is 102 Å². The number of rotatable bonds is 6. The number of aryl methyl sites for hydroxylation is 1.